The molecule has 7 nitrogen and oxygen atoms in total. The van der Waals surface area contributed by atoms with Gasteiger partial charge in [-0.05, 0) is 51.3 Å². The zero-order valence-corrected chi connectivity index (χ0v) is 16.8. The number of ether oxygens (including phenoxy) is 1. The van der Waals surface area contributed by atoms with E-state index >= 15 is 0 Å². The lowest BCUT2D eigenvalue weighted by Crippen LogP contribution is -2.42. The zero-order chi connectivity index (χ0) is 20.5. The van der Waals surface area contributed by atoms with Gasteiger partial charge in [0.1, 0.15) is 0 Å². The number of amides is 1. The van der Waals surface area contributed by atoms with Gasteiger partial charge in [-0.1, -0.05) is 18.2 Å². The van der Waals surface area contributed by atoms with Gasteiger partial charge in [0.2, 0.25) is 0 Å². The monoisotopic (exact) mass is 392 g/mol. The van der Waals surface area contributed by atoms with E-state index in [9.17, 15) is 9.59 Å². The second kappa shape index (κ2) is 7.66. The van der Waals surface area contributed by atoms with Crippen LogP contribution in [0.1, 0.15) is 49.2 Å². The third kappa shape index (κ3) is 3.60. The molecule has 0 N–H and O–H groups in total. The topological polar surface area (TPSA) is 77.3 Å². The number of rotatable bonds is 4. The molecule has 1 atom stereocenters. The van der Waals surface area contributed by atoms with Crippen molar-refractivity contribution in [1.82, 2.24) is 14.8 Å². The number of para-hydroxylation sites is 1. The van der Waals surface area contributed by atoms with Gasteiger partial charge in [-0.3, -0.25) is 4.79 Å². The first kappa shape index (κ1) is 19.1. The quantitative estimate of drug-likeness (QED) is 0.635. The van der Waals surface area contributed by atoms with Crippen molar-refractivity contribution < 1.29 is 14.3 Å². The van der Waals surface area contributed by atoms with Crippen LogP contribution >= 0.6 is 0 Å². The average molecular weight is 392 g/mol. The molecule has 0 saturated carbocycles. The van der Waals surface area contributed by atoms with E-state index in [0.717, 1.165) is 29.5 Å². The molecule has 0 bridgehead atoms. The minimum atomic E-state index is -0.886. The van der Waals surface area contributed by atoms with Crippen LogP contribution in [-0.2, 0) is 16.0 Å². The van der Waals surface area contributed by atoms with E-state index in [-0.39, 0.29) is 11.9 Å². The molecule has 1 unspecified atom stereocenters. The Morgan fingerprint density at radius 2 is 1.93 bits per heavy atom. The maximum Gasteiger partial charge on any atom is 0.340 e. The normalized spacial score (nSPS) is 14.7. The molecule has 1 aliphatic rings. The van der Waals surface area contributed by atoms with Crippen molar-refractivity contribution in [3.8, 4) is 0 Å². The third-order valence-corrected chi connectivity index (χ3v) is 5.17. The summed E-state index contributed by atoms with van der Waals surface area (Å²) in [5.74, 6) is -0.782. The highest BCUT2D eigenvalue weighted by Crippen LogP contribution is 2.27. The Hall–Kier alpha value is -3.22. The fourth-order valence-corrected chi connectivity index (χ4v) is 3.69. The fourth-order valence-electron chi connectivity index (χ4n) is 3.69. The number of carbonyl (C=O) groups excluding carboxylic acids is 2. The lowest BCUT2D eigenvalue weighted by atomic mass is 10.0. The van der Waals surface area contributed by atoms with Gasteiger partial charge in [-0.15, -0.1) is 0 Å². The van der Waals surface area contributed by atoms with E-state index < -0.39 is 12.1 Å². The molecular weight excluding hydrogens is 368 g/mol. The van der Waals surface area contributed by atoms with Crippen molar-refractivity contribution in [3.05, 3.63) is 53.9 Å². The molecule has 3 aromatic rings. The largest absolute Gasteiger partial charge is 0.449 e. The molecule has 7 heteroatoms. The zero-order valence-electron chi connectivity index (χ0n) is 16.8. The van der Waals surface area contributed by atoms with Gasteiger partial charge in [-0.25, -0.2) is 14.5 Å². The molecule has 0 spiro atoms. The van der Waals surface area contributed by atoms with Crippen molar-refractivity contribution in [2.75, 3.05) is 11.4 Å². The molecule has 1 amide bonds. The maximum atomic E-state index is 12.9. The van der Waals surface area contributed by atoms with Crippen molar-refractivity contribution in [2.45, 2.75) is 45.8 Å². The van der Waals surface area contributed by atoms with E-state index in [1.54, 1.807) is 28.8 Å². The molecule has 0 saturated heterocycles. The van der Waals surface area contributed by atoms with E-state index in [4.69, 9.17) is 4.74 Å². The minimum Gasteiger partial charge on any atom is -0.449 e. The van der Waals surface area contributed by atoms with Crippen LogP contribution in [0.5, 0.6) is 0 Å². The van der Waals surface area contributed by atoms with Crippen molar-refractivity contribution >= 4 is 28.6 Å². The summed E-state index contributed by atoms with van der Waals surface area (Å²) < 4.78 is 7.27. The molecule has 2 aromatic heterocycles. The van der Waals surface area contributed by atoms with E-state index in [0.29, 0.717) is 17.8 Å². The van der Waals surface area contributed by atoms with Crippen LogP contribution in [0.15, 0.2) is 42.7 Å². The Bertz CT molecular complexity index is 1070. The van der Waals surface area contributed by atoms with Gasteiger partial charge in [0.05, 0.1) is 11.8 Å². The van der Waals surface area contributed by atoms with Gasteiger partial charge < -0.3 is 9.64 Å². The smallest absolute Gasteiger partial charge is 0.340 e. The predicted molar refractivity (Wildman–Crippen MR) is 110 cm³/mol. The van der Waals surface area contributed by atoms with Gasteiger partial charge >= 0.3 is 5.97 Å². The van der Waals surface area contributed by atoms with Crippen molar-refractivity contribution in [2.24, 2.45) is 0 Å². The van der Waals surface area contributed by atoms with E-state index in [1.807, 2.05) is 38.1 Å². The third-order valence-electron chi connectivity index (χ3n) is 5.17. The second-order valence-electron chi connectivity index (χ2n) is 7.59. The number of nitrogens with zero attached hydrogens (tertiary/aromatic N) is 4. The highest BCUT2D eigenvalue weighted by Gasteiger charge is 2.28. The van der Waals surface area contributed by atoms with Crippen LogP contribution in [0.4, 0.5) is 5.69 Å². The van der Waals surface area contributed by atoms with Gasteiger partial charge in [0, 0.05) is 29.9 Å². The summed E-state index contributed by atoms with van der Waals surface area (Å²) >= 11 is 0. The number of esters is 1. The lowest BCUT2D eigenvalue weighted by molar-refractivity contribution is -0.126. The summed E-state index contributed by atoms with van der Waals surface area (Å²) in [5, 5.41) is 5.07. The standard InChI is InChI=1S/C22H24N4O3/c1-14(2)26-20-17(13-24-26)11-18(12-23-20)22(28)29-15(3)21(27)25-10-6-8-16-7-4-5-9-19(16)25/h4-5,7,9,11-15H,6,8,10H2,1-3H3. The molecular formula is C22H24N4O3. The number of fused-ring (bicyclic) bond motifs is 2. The number of hydrogen-bond donors (Lipinski definition) is 0. The SMILES string of the molecule is CC(OC(=O)c1cnc2c(cnn2C(C)C)c1)C(=O)N1CCCc2ccccc21. The highest BCUT2D eigenvalue weighted by atomic mass is 16.5. The summed E-state index contributed by atoms with van der Waals surface area (Å²) in [7, 11) is 0. The van der Waals surface area contributed by atoms with Gasteiger partial charge in [0.15, 0.2) is 11.8 Å². The fraction of sp³-hybridized carbons (Fsp3) is 0.364. The average Bonchev–Trinajstić information content (AvgIpc) is 3.16. The molecule has 1 aliphatic heterocycles. The van der Waals surface area contributed by atoms with Crippen LogP contribution in [-0.4, -0.2) is 39.3 Å². The Kier molecular flexibility index (Phi) is 5.05. The maximum absolute atomic E-state index is 12.9. The summed E-state index contributed by atoms with van der Waals surface area (Å²) in [5.41, 5.74) is 3.06. The lowest BCUT2D eigenvalue weighted by Gasteiger charge is -2.31. The summed E-state index contributed by atoms with van der Waals surface area (Å²) in [6.07, 6.45) is 4.10. The van der Waals surface area contributed by atoms with E-state index in [1.165, 1.54) is 6.20 Å². The van der Waals surface area contributed by atoms with Gasteiger partial charge in [0.25, 0.3) is 5.91 Å². The number of benzene rings is 1. The number of aromatic nitrogens is 3. The summed E-state index contributed by atoms with van der Waals surface area (Å²) in [4.78, 5) is 31.6. The van der Waals surface area contributed by atoms with E-state index in [2.05, 4.69) is 10.1 Å². The number of carbonyl (C=O) groups is 2. The Balaban J connectivity index is 1.50. The number of anilines is 1. The summed E-state index contributed by atoms with van der Waals surface area (Å²) in [6.45, 7) is 6.27. The number of hydrogen-bond acceptors (Lipinski definition) is 5. The first-order chi connectivity index (χ1) is 14.0. The first-order valence-corrected chi connectivity index (χ1v) is 9.89. The minimum absolute atomic E-state index is 0.169. The van der Waals surface area contributed by atoms with Crippen molar-refractivity contribution in [3.63, 3.8) is 0 Å². The van der Waals surface area contributed by atoms with Crippen LogP contribution in [0, 0.1) is 0 Å². The van der Waals surface area contributed by atoms with Crippen LogP contribution < -0.4 is 4.90 Å². The predicted octanol–water partition coefficient (Wildman–Crippen LogP) is 3.54. The van der Waals surface area contributed by atoms with Crippen molar-refractivity contribution in [1.29, 1.82) is 0 Å². The second-order valence-corrected chi connectivity index (χ2v) is 7.59. The molecule has 0 fully saturated rings. The molecule has 0 aliphatic carbocycles. The number of aryl methyl sites for hydroxylation is 1. The van der Waals surface area contributed by atoms with Gasteiger partial charge in [-0.2, -0.15) is 5.10 Å². The Morgan fingerprint density at radius 1 is 1.14 bits per heavy atom. The Morgan fingerprint density at radius 3 is 2.72 bits per heavy atom. The molecule has 29 heavy (non-hydrogen) atoms. The highest BCUT2D eigenvalue weighted by molar-refractivity contribution is 6.00. The van der Waals surface area contributed by atoms with Crippen LogP contribution in [0.25, 0.3) is 11.0 Å². The first-order valence-electron chi connectivity index (χ1n) is 9.89. The molecule has 1 aromatic carbocycles. The molecule has 4 rings (SSSR count). The molecule has 150 valence electrons. The number of pyridine rings is 1. The molecule has 0 radical (unpaired) electrons. The Labute approximate surface area is 169 Å². The molecule has 3 heterocycles. The van der Waals surface area contributed by atoms with Crippen LogP contribution in [0.3, 0.4) is 0 Å². The van der Waals surface area contributed by atoms with Crippen LogP contribution in [0.2, 0.25) is 0 Å². The summed E-state index contributed by atoms with van der Waals surface area (Å²) in [6, 6.07) is 9.72.